The molecule has 3 nitrogen and oxygen atoms in total. The molecule has 0 spiro atoms. The minimum absolute atomic E-state index is 0.144. The number of rotatable bonds is 5. The van der Waals surface area contributed by atoms with Crippen LogP contribution in [0.25, 0.3) is 0 Å². The van der Waals surface area contributed by atoms with E-state index in [1.165, 1.54) is 11.1 Å². The molecule has 1 heterocycles. The summed E-state index contributed by atoms with van der Waals surface area (Å²) in [6.45, 7) is 13.6. The molecule has 26 heavy (non-hydrogen) atoms. The maximum atomic E-state index is 10.1. The average Bonchev–Trinajstić information content (AvgIpc) is 2.60. The minimum atomic E-state index is 0.144. The van der Waals surface area contributed by atoms with Crippen molar-refractivity contribution in [1.82, 2.24) is 9.80 Å². The van der Waals surface area contributed by atoms with Gasteiger partial charge in [-0.2, -0.15) is 0 Å². The Balaban J connectivity index is 1.99. The van der Waals surface area contributed by atoms with Crippen molar-refractivity contribution in [3.8, 4) is 5.75 Å². The van der Waals surface area contributed by atoms with E-state index in [2.05, 4.69) is 67.5 Å². The van der Waals surface area contributed by atoms with Crippen LogP contribution >= 0.6 is 0 Å². The molecule has 0 aromatic heterocycles. The molecule has 3 unspecified atom stereocenters. The SMILES string of the molecule is C=CCN1CC(C)N(C(c2cccc(C)c2)c2cccc(O)c2)CC1C. The number of aryl methyl sites for hydroxylation is 1. The maximum absolute atomic E-state index is 10.1. The number of phenolic OH excluding ortho intramolecular Hbond substituents is 1. The summed E-state index contributed by atoms with van der Waals surface area (Å²) in [5, 5.41) is 10.1. The number of nitrogens with zero attached hydrogens (tertiary/aromatic N) is 2. The summed E-state index contributed by atoms with van der Waals surface area (Å²) in [5.41, 5.74) is 3.69. The van der Waals surface area contributed by atoms with Gasteiger partial charge in [-0.05, 0) is 44.0 Å². The van der Waals surface area contributed by atoms with Crippen LogP contribution in [0.1, 0.15) is 36.6 Å². The summed E-state index contributed by atoms with van der Waals surface area (Å²) >= 11 is 0. The molecule has 138 valence electrons. The lowest BCUT2D eigenvalue weighted by Gasteiger charge is -2.47. The number of piperazine rings is 1. The zero-order chi connectivity index (χ0) is 18.7. The van der Waals surface area contributed by atoms with Gasteiger partial charge in [-0.25, -0.2) is 0 Å². The van der Waals surface area contributed by atoms with E-state index in [0.29, 0.717) is 17.8 Å². The predicted octanol–water partition coefficient (Wildman–Crippen LogP) is 4.37. The smallest absolute Gasteiger partial charge is 0.115 e. The first-order valence-electron chi connectivity index (χ1n) is 9.45. The van der Waals surface area contributed by atoms with E-state index in [-0.39, 0.29) is 6.04 Å². The topological polar surface area (TPSA) is 26.7 Å². The van der Waals surface area contributed by atoms with Crippen LogP contribution in [0.15, 0.2) is 61.2 Å². The standard InChI is InChI=1S/C23H30N2O/c1-5-12-24-15-19(4)25(16-18(24)3)23(20-9-6-8-17(2)13-20)21-10-7-11-22(26)14-21/h5-11,13-14,18-19,23,26H,1,12,15-16H2,2-4H3. The fourth-order valence-electron chi connectivity index (χ4n) is 4.12. The Morgan fingerprint density at radius 3 is 2.42 bits per heavy atom. The van der Waals surface area contributed by atoms with Gasteiger partial charge in [0.05, 0.1) is 6.04 Å². The van der Waals surface area contributed by atoms with Gasteiger partial charge in [0.2, 0.25) is 0 Å². The van der Waals surface area contributed by atoms with Crippen molar-refractivity contribution in [1.29, 1.82) is 0 Å². The molecule has 0 radical (unpaired) electrons. The lowest BCUT2D eigenvalue weighted by molar-refractivity contribution is 0.0306. The molecule has 0 bridgehead atoms. The maximum Gasteiger partial charge on any atom is 0.115 e. The fourth-order valence-corrected chi connectivity index (χ4v) is 4.12. The Labute approximate surface area is 157 Å². The Bertz CT molecular complexity index is 712. The highest BCUT2D eigenvalue weighted by Crippen LogP contribution is 2.34. The highest BCUT2D eigenvalue weighted by Gasteiger charge is 2.34. The van der Waals surface area contributed by atoms with Gasteiger partial charge in [0, 0.05) is 31.7 Å². The average molecular weight is 351 g/mol. The van der Waals surface area contributed by atoms with Gasteiger partial charge in [-0.15, -0.1) is 6.58 Å². The first-order valence-corrected chi connectivity index (χ1v) is 9.45. The van der Waals surface area contributed by atoms with E-state index >= 15 is 0 Å². The van der Waals surface area contributed by atoms with Crippen molar-refractivity contribution >= 4 is 0 Å². The first-order chi connectivity index (χ1) is 12.5. The van der Waals surface area contributed by atoms with Gasteiger partial charge >= 0.3 is 0 Å². The Morgan fingerprint density at radius 1 is 1.08 bits per heavy atom. The largest absolute Gasteiger partial charge is 0.508 e. The summed E-state index contributed by atoms with van der Waals surface area (Å²) in [6, 6.07) is 17.5. The second-order valence-corrected chi connectivity index (χ2v) is 7.55. The van der Waals surface area contributed by atoms with E-state index in [1.54, 1.807) is 6.07 Å². The van der Waals surface area contributed by atoms with Crippen LogP contribution in [0.5, 0.6) is 5.75 Å². The highest BCUT2D eigenvalue weighted by atomic mass is 16.3. The number of phenols is 1. The number of benzene rings is 2. The number of aromatic hydroxyl groups is 1. The molecule has 1 aliphatic rings. The van der Waals surface area contributed by atoms with Crippen molar-refractivity contribution in [2.75, 3.05) is 19.6 Å². The number of hydrogen-bond acceptors (Lipinski definition) is 3. The summed E-state index contributed by atoms with van der Waals surface area (Å²) < 4.78 is 0. The normalized spacial score (nSPS) is 22.9. The van der Waals surface area contributed by atoms with E-state index in [9.17, 15) is 5.11 Å². The summed E-state index contributed by atoms with van der Waals surface area (Å²) in [4.78, 5) is 5.07. The Kier molecular flexibility index (Phi) is 5.80. The van der Waals surface area contributed by atoms with E-state index in [0.717, 1.165) is 25.2 Å². The Morgan fingerprint density at radius 2 is 1.77 bits per heavy atom. The van der Waals surface area contributed by atoms with Crippen molar-refractivity contribution in [2.45, 2.75) is 38.9 Å². The minimum Gasteiger partial charge on any atom is -0.508 e. The number of hydrogen-bond donors (Lipinski definition) is 1. The van der Waals surface area contributed by atoms with Crippen LogP contribution in [-0.4, -0.2) is 46.6 Å². The lowest BCUT2D eigenvalue weighted by atomic mass is 9.92. The molecule has 3 rings (SSSR count). The van der Waals surface area contributed by atoms with Crippen LogP contribution in [-0.2, 0) is 0 Å². The molecule has 0 amide bonds. The van der Waals surface area contributed by atoms with Gasteiger partial charge in [-0.3, -0.25) is 9.80 Å². The molecule has 1 aliphatic heterocycles. The van der Waals surface area contributed by atoms with Gasteiger partial charge in [-0.1, -0.05) is 48.0 Å². The molecular weight excluding hydrogens is 320 g/mol. The van der Waals surface area contributed by atoms with E-state index in [1.807, 2.05) is 18.2 Å². The third-order valence-electron chi connectivity index (χ3n) is 5.40. The third kappa shape index (κ3) is 4.00. The van der Waals surface area contributed by atoms with Crippen LogP contribution in [0.4, 0.5) is 0 Å². The van der Waals surface area contributed by atoms with Crippen LogP contribution in [0, 0.1) is 6.92 Å². The predicted molar refractivity (Wildman–Crippen MR) is 109 cm³/mol. The zero-order valence-electron chi connectivity index (χ0n) is 16.1. The molecule has 1 N–H and O–H groups in total. The molecule has 3 atom stereocenters. The molecule has 2 aromatic rings. The second-order valence-electron chi connectivity index (χ2n) is 7.55. The van der Waals surface area contributed by atoms with Gasteiger partial charge in [0.1, 0.15) is 5.75 Å². The van der Waals surface area contributed by atoms with Gasteiger partial charge in [0.25, 0.3) is 0 Å². The highest BCUT2D eigenvalue weighted by molar-refractivity contribution is 5.38. The molecule has 3 heteroatoms. The van der Waals surface area contributed by atoms with Crippen molar-refractivity contribution in [3.05, 3.63) is 77.9 Å². The molecular formula is C23H30N2O. The first kappa shape index (κ1) is 18.7. The van der Waals surface area contributed by atoms with Crippen LogP contribution in [0.3, 0.4) is 0 Å². The quantitative estimate of drug-likeness (QED) is 0.811. The van der Waals surface area contributed by atoms with E-state index in [4.69, 9.17) is 0 Å². The molecule has 1 saturated heterocycles. The summed E-state index contributed by atoms with van der Waals surface area (Å²) in [5.74, 6) is 0.325. The Hall–Kier alpha value is -2.10. The molecule has 2 aromatic carbocycles. The van der Waals surface area contributed by atoms with Gasteiger partial charge in [0.15, 0.2) is 0 Å². The zero-order valence-corrected chi connectivity index (χ0v) is 16.1. The van der Waals surface area contributed by atoms with E-state index < -0.39 is 0 Å². The fraction of sp³-hybridized carbons (Fsp3) is 0.391. The van der Waals surface area contributed by atoms with Crippen molar-refractivity contribution in [3.63, 3.8) is 0 Å². The van der Waals surface area contributed by atoms with Gasteiger partial charge < -0.3 is 5.11 Å². The summed E-state index contributed by atoms with van der Waals surface area (Å²) in [7, 11) is 0. The lowest BCUT2D eigenvalue weighted by Crippen LogP contribution is -2.57. The molecule has 1 fully saturated rings. The molecule has 0 aliphatic carbocycles. The van der Waals surface area contributed by atoms with Crippen LogP contribution < -0.4 is 0 Å². The summed E-state index contributed by atoms with van der Waals surface area (Å²) in [6.07, 6.45) is 1.99. The second kappa shape index (κ2) is 8.07. The van der Waals surface area contributed by atoms with Crippen molar-refractivity contribution < 1.29 is 5.11 Å². The van der Waals surface area contributed by atoms with Crippen LogP contribution in [0.2, 0.25) is 0 Å². The van der Waals surface area contributed by atoms with Crippen molar-refractivity contribution in [2.24, 2.45) is 0 Å². The molecule has 0 saturated carbocycles. The monoisotopic (exact) mass is 350 g/mol. The third-order valence-corrected chi connectivity index (χ3v) is 5.40.